The van der Waals surface area contributed by atoms with E-state index in [1.54, 1.807) is 12.1 Å². The third kappa shape index (κ3) is 4.29. The van der Waals surface area contributed by atoms with Gasteiger partial charge in [0, 0.05) is 12.0 Å². The number of rotatable bonds is 6. The van der Waals surface area contributed by atoms with E-state index < -0.39 is 10.0 Å². The second kappa shape index (κ2) is 6.36. The van der Waals surface area contributed by atoms with E-state index in [1.807, 2.05) is 30.3 Å². The zero-order valence-corrected chi connectivity index (χ0v) is 14.5. The van der Waals surface area contributed by atoms with Gasteiger partial charge in [0.2, 0.25) is 10.0 Å². The van der Waals surface area contributed by atoms with E-state index in [2.05, 4.69) is 32.7 Å². The van der Waals surface area contributed by atoms with E-state index in [0.29, 0.717) is 11.4 Å². The molecule has 2 rings (SSSR count). The van der Waals surface area contributed by atoms with Gasteiger partial charge in [-0.05, 0) is 22.9 Å². The molecular formula is C17H25N2O2S+. The van der Waals surface area contributed by atoms with Crippen molar-refractivity contribution in [2.24, 2.45) is 5.41 Å². The molecule has 2 aromatic carbocycles. The molecule has 0 aliphatic rings. The van der Waals surface area contributed by atoms with Gasteiger partial charge in [-0.15, -0.1) is 0 Å². The molecule has 0 fully saturated rings. The van der Waals surface area contributed by atoms with Crippen molar-refractivity contribution in [3.8, 4) is 0 Å². The van der Waals surface area contributed by atoms with Gasteiger partial charge in [0.25, 0.3) is 0 Å². The number of benzene rings is 2. The van der Waals surface area contributed by atoms with Gasteiger partial charge >= 0.3 is 0 Å². The predicted molar refractivity (Wildman–Crippen MR) is 90.6 cm³/mol. The summed E-state index contributed by atoms with van der Waals surface area (Å²) in [4.78, 5) is 1.62. The van der Waals surface area contributed by atoms with Crippen molar-refractivity contribution in [3.05, 3.63) is 42.5 Å². The summed E-state index contributed by atoms with van der Waals surface area (Å²) in [5.41, 5.74) is -0.0945. The quantitative estimate of drug-likeness (QED) is 0.842. The summed E-state index contributed by atoms with van der Waals surface area (Å²) >= 11 is 0. The lowest BCUT2D eigenvalue weighted by molar-refractivity contribution is -0.865. The molecule has 0 amide bonds. The Labute approximate surface area is 133 Å². The number of fused-ring (bicyclic) bond motifs is 1. The van der Waals surface area contributed by atoms with E-state index in [-0.39, 0.29) is 5.41 Å². The molecule has 0 atom stereocenters. The molecule has 0 saturated heterocycles. The van der Waals surface area contributed by atoms with Gasteiger partial charge in [0.1, 0.15) is 0 Å². The number of nitrogens with one attached hydrogen (secondary N) is 2. The van der Waals surface area contributed by atoms with Crippen molar-refractivity contribution >= 4 is 20.8 Å². The molecule has 2 N–H and O–H groups in total. The smallest absolute Gasteiger partial charge is 0.240 e. The van der Waals surface area contributed by atoms with Gasteiger partial charge in [0.05, 0.1) is 25.5 Å². The van der Waals surface area contributed by atoms with Crippen LogP contribution < -0.4 is 9.62 Å². The fourth-order valence-corrected chi connectivity index (χ4v) is 4.00. The summed E-state index contributed by atoms with van der Waals surface area (Å²) < 4.78 is 27.7. The van der Waals surface area contributed by atoms with Gasteiger partial charge in [-0.3, -0.25) is 0 Å². The van der Waals surface area contributed by atoms with Gasteiger partial charge in [-0.1, -0.05) is 44.2 Å². The van der Waals surface area contributed by atoms with E-state index in [0.717, 1.165) is 17.3 Å². The predicted octanol–water partition coefficient (Wildman–Crippen LogP) is 1.29. The topological polar surface area (TPSA) is 50.6 Å². The molecule has 0 saturated carbocycles. The molecule has 0 radical (unpaired) electrons. The molecule has 120 valence electrons. The first kappa shape index (κ1) is 16.9. The van der Waals surface area contributed by atoms with Crippen molar-refractivity contribution < 1.29 is 13.3 Å². The Morgan fingerprint density at radius 1 is 1.05 bits per heavy atom. The molecule has 0 aliphatic carbocycles. The average molecular weight is 321 g/mol. The molecule has 2 aromatic rings. The van der Waals surface area contributed by atoms with Crippen LogP contribution in [-0.2, 0) is 10.0 Å². The Bertz CT molecular complexity index is 752. The van der Waals surface area contributed by atoms with Crippen LogP contribution in [0.4, 0.5) is 0 Å². The Balaban J connectivity index is 2.18. The van der Waals surface area contributed by atoms with Gasteiger partial charge in [-0.25, -0.2) is 13.1 Å². The number of quaternary nitrogens is 1. The first-order valence-corrected chi connectivity index (χ1v) is 8.95. The second-order valence-electron chi connectivity index (χ2n) is 6.88. The number of hydrogen-bond donors (Lipinski definition) is 2. The van der Waals surface area contributed by atoms with E-state index >= 15 is 0 Å². The first-order valence-electron chi connectivity index (χ1n) is 7.47. The van der Waals surface area contributed by atoms with Crippen LogP contribution in [0.3, 0.4) is 0 Å². The molecule has 0 aromatic heterocycles. The van der Waals surface area contributed by atoms with Crippen LogP contribution in [-0.4, -0.2) is 35.6 Å². The second-order valence-corrected chi connectivity index (χ2v) is 8.65. The third-order valence-corrected chi connectivity index (χ3v) is 5.00. The van der Waals surface area contributed by atoms with Crippen molar-refractivity contribution in [2.75, 3.05) is 27.2 Å². The average Bonchev–Trinajstić information content (AvgIpc) is 2.44. The minimum absolute atomic E-state index is 0.0945. The standard InChI is InChI=1S/C17H24N2O2S/c1-17(2,13-19(3)4)12-18-22(20,21)16-10-9-14-7-5-6-8-15(14)11-16/h5-11,18H,12-13H2,1-4H3/p+1. The number of sulfonamides is 1. The lowest BCUT2D eigenvalue weighted by atomic mass is 9.93. The van der Waals surface area contributed by atoms with Gasteiger partial charge < -0.3 is 4.90 Å². The van der Waals surface area contributed by atoms with E-state index in [9.17, 15) is 8.42 Å². The monoisotopic (exact) mass is 321 g/mol. The largest absolute Gasteiger partial charge is 0.339 e. The molecule has 5 heteroatoms. The third-order valence-electron chi connectivity index (χ3n) is 3.60. The van der Waals surface area contributed by atoms with Crippen LogP contribution in [0, 0.1) is 5.41 Å². The Morgan fingerprint density at radius 3 is 2.32 bits per heavy atom. The van der Waals surface area contributed by atoms with Crippen molar-refractivity contribution in [3.63, 3.8) is 0 Å². The molecule has 0 spiro atoms. The fraction of sp³-hybridized carbons (Fsp3) is 0.412. The normalized spacial score (nSPS) is 13.0. The zero-order chi connectivity index (χ0) is 16.4. The van der Waals surface area contributed by atoms with Gasteiger partial charge in [-0.2, -0.15) is 0 Å². The summed E-state index contributed by atoms with van der Waals surface area (Å²) in [6.45, 7) is 5.46. The Morgan fingerprint density at radius 2 is 1.68 bits per heavy atom. The lowest BCUT2D eigenvalue weighted by Crippen LogP contribution is -3.07. The molecule has 0 bridgehead atoms. The summed E-state index contributed by atoms with van der Waals surface area (Å²) in [5.74, 6) is 0. The molecule has 0 aliphatic heterocycles. The zero-order valence-electron chi connectivity index (χ0n) is 13.7. The fourth-order valence-electron chi connectivity index (χ4n) is 2.73. The van der Waals surface area contributed by atoms with Crippen molar-refractivity contribution in [1.82, 2.24) is 4.72 Å². The minimum atomic E-state index is -3.48. The van der Waals surface area contributed by atoms with E-state index in [1.165, 1.54) is 4.90 Å². The van der Waals surface area contributed by atoms with Crippen LogP contribution in [0.25, 0.3) is 10.8 Å². The molecule has 0 heterocycles. The first-order chi connectivity index (χ1) is 10.2. The summed E-state index contributed by atoms with van der Waals surface area (Å²) in [6.07, 6.45) is 0. The van der Waals surface area contributed by atoms with Crippen LogP contribution in [0.2, 0.25) is 0 Å². The maximum atomic E-state index is 12.5. The van der Waals surface area contributed by atoms with Crippen LogP contribution in [0.15, 0.2) is 47.4 Å². The molecule has 4 nitrogen and oxygen atoms in total. The van der Waals surface area contributed by atoms with Crippen LogP contribution in [0.1, 0.15) is 13.8 Å². The lowest BCUT2D eigenvalue weighted by Gasteiger charge is -2.26. The van der Waals surface area contributed by atoms with Gasteiger partial charge in [0.15, 0.2) is 0 Å². The highest BCUT2D eigenvalue weighted by Crippen LogP contribution is 2.19. The maximum absolute atomic E-state index is 12.5. The number of hydrogen-bond acceptors (Lipinski definition) is 2. The van der Waals surface area contributed by atoms with Crippen LogP contribution in [0.5, 0.6) is 0 Å². The summed E-state index contributed by atoms with van der Waals surface area (Å²) in [5, 5.41) is 1.97. The van der Waals surface area contributed by atoms with Crippen LogP contribution >= 0.6 is 0 Å². The van der Waals surface area contributed by atoms with E-state index in [4.69, 9.17) is 0 Å². The maximum Gasteiger partial charge on any atom is 0.240 e. The van der Waals surface area contributed by atoms with Crippen molar-refractivity contribution in [2.45, 2.75) is 18.7 Å². The highest BCUT2D eigenvalue weighted by atomic mass is 32.2. The van der Waals surface area contributed by atoms with Crippen molar-refractivity contribution in [1.29, 1.82) is 0 Å². The highest BCUT2D eigenvalue weighted by molar-refractivity contribution is 7.89. The minimum Gasteiger partial charge on any atom is -0.339 e. The molecule has 22 heavy (non-hydrogen) atoms. The summed E-state index contributed by atoms with van der Waals surface area (Å²) in [6, 6.07) is 13.0. The summed E-state index contributed by atoms with van der Waals surface area (Å²) in [7, 11) is 0.658. The molecule has 0 unspecified atom stereocenters. The highest BCUT2D eigenvalue weighted by Gasteiger charge is 2.25. The SMILES string of the molecule is C[NH+](C)CC(C)(C)CNS(=O)(=O)c1ccc2ccccc2c1. The Kier molecular flexibility index (Phi) is 4.90. The molecular weight excluding hydrogens is 296 g/mol. The Hall–Kier alpha value is -1.43.